The summed E-state index contributed by atoms with van der Waals surface area (Å²) in [4.78, 5) is 0. The molecule has 3 aromatic rings. The second-order valence-corrected chi connectivity index (χ2v) is 5.46. The molecule has 0 spiro atoms. The van der Waals surface area contributed by atoms with Crippen LogP contribution in [-0.4, -0.2) is 6.61 Å². The van der Waals surface area contributed by atoms with E-state index in [-0.39, 0.29) is 0 Å². The first-order valence-corrected chi connectivity index (χ1v) is 7.95. The summed E-state index contributed by atoms with van der Waals surface area (Å²) in [5, 5.41) is 5.94. The third-order valence-corrected chi connectivity index (χ3v) is 3.74. The first-order chi connectivity index (χ1) is 11.4. The molecule has 0 fully saturated rings. The smallest absolute Gasteiger partial charge is 0.119 e. The molecule has 0 saturated carbocycles. The van der Waals surface area contributed by atoms with Gasteiger partial charge in [0.05, 0.1) is 6.61 Å². The molecule has 0 atom stereocenters. The van der Waals surface area contributed by atoms with Crippen molar-refractivity contribution in [2.75, 3.05) is 11.9 Å². The predicted octanol–water partition coefficient (Wildman–Crippen LogP) is 5.93. The lowest BCUT2D eigenvalue weighted by molar-refractivity contribution is 0.312. The maximum atomic E-state index is 5.71. The van der Waals surface area contributed by atoms with Crippen LogP contribution in [0.15, 0.2) is 79.4 Å². The van der Waals surface area contributed by atoms with Gasteiger partial charge in [-0.05, 0) is 48.6 Å². The minimum atomic E-state index is 0.724. The quantitative estimate of drug-likeness (QED) is 0.431. The maximum absolute atomic E-state index is 5.71. The van der Waals surface area contributed by atoms with Gasteiger partial charge in [0.2, 0.25) is 0 Å². The molecule has 0 unspecified atom stereocenters. The molecule has 116 valence electrons. The van der Waals surface area contributed by atoms with Gasteiger partial charge in [0.15, 0.2) is 0 Å². The Bertz CT molecular complexity index is 772. The predicted molar refractivity (Wildman–Crippen MR) is 98.6 cm³/mol. The first-order valence-electron chi connectivity index (χ1n) is 7.95. The van der Waals surface area contributed by atoms with Crippen LogP contribution in [0.5, 0.6) is 5.75 Å². The lowest BCUT2D eigenvalue weighted by Gasteiger charge is -2.11. The van der Waals surface area contributed by atoms with E-state index in [0.29, 0.717) is 0 Å². The standard InChI is InChI=1S/C21H21NO/c1-2-3-6-16-23-19-14-12-18(13-15-19)22-21-11-7-9-17-8-4-5-10-20(17)21/h2,4-5,7-15,22H,1,3,6,16H2. The van der Waals surface area contributed by atoms with Crippen molar-refractivity contribution in [1.29, 1.82) is 0 Å². The van der Waals surface area contributed by atoms with Gasteiger partial charge in [0.25, 0.3) is 0 Å². The fourth-order valence-corrected chi connectivity index (χ4v) is 2.54. The largest absolute Gasteiger partial charge is 0.494 e. The zero-order valence-electron chi connectivity index (χ0n) is 13.2. The molecule has 0 amide bonds. The second kappa shape index (κ2) is 7.50. The number of fused-ring (bicyclic) bond motifs is 1. The molecule has 0 radical (unpaired) electrons. The fraction of sp³-hybridized carbons (Fsp3) is 0.143. The van der Waals surface area contributed by atoms with Crippen molar-refractivity contribution in [1.82, 2.24) is 0 Å². The molecule has 0 aliphatic carbocycles. The number of nitrogens with one attached hydrogen (secondary N) is 1. The third-order valence-electron chi connectivity index (χ3n) is 3.74. The van der Waals surface area contributed by atoms with Crippen LogP contribution in [0.2, 0.25) is 0 Å². The summed E-state index contributed by atoms with van der Waals surface area (Å²) in [6.45, 7) is 4.44. The van der Waals surface area contributed by atoms with Crippen molar-refractivity contribution in [3.8, 4) is 5.75 Å². The molecule has 3 aromatic carbocycles. The molecule has 0 aliphatic heterocycles. The normalized spacial score (nSPS) is 10.4. The summed E-state index contributed by atoms with van der Waals surface area (Å²) in [6, 6.07) is 22.8. The number of ether oxygens (including phenoxy) is 1. The van der Waals surface area contributed by atoms with Crippen molar-refractivity contribution >= 4 is 22.1 Å². The van der Waals surface area contributed by atoms with Crippen molar-refractivity contribution in [2.24, 2.45) is 0 Å². The summed E-state index contributed by atoms with van der Waals surface area (Å²) in [5.74, 6) is 0.900. The van der Waals surface area contributed by atoms with Gasteiger partial charge in [-0.2, -0.15) is 0 Å². The summed E-state index contributed by atoms with van der Waals surface area (Å²) in [7, 11) is 0. The molecule has 0 aliphatic rings. The maximum Gasteiger partial charge on any atom is 0.119 e. The third kappa shape index (κ3) is 3.92. The van der Waals surface area contributed by atoms with Crippen LogP contribution in [0.1, 0.15) is 12.8 Å². The van der Waals surface area contributed by atoms with Gasteiger partial charge >= 0.3 is 0 Å². The van der Waals surface area contributed by atoms with E-state index in [0.717, 1.165) is 36.6 Å². The highest BCUT2D eigenvalue weighted by Gasteiger charge is 2.01. The van der Waals surface area contributed by atoms with E-state index in [1.807, 2.05) is 30.3 Å². The molecule has 1 N–H and O–H groups in total. The Hall–Kier alpha value is -2.74. The van der Waals surface area contributed by atoms with Crippen molar-refractivity contribution in [3.05, 3.63) is 79.4 Å². The van der Waals surface area contributed by atoms with E-state index < -0.39 is 0 Å². The van der Waals surface area contributed by atoms with Gasteiger partial charge in [-0.25, -0.2) is 0 Å². The number of hydrogen-bond donors (Lipinski definition) is 1. The highest BCUT2D eigenvalue weighted by Crippen LogP contribution is 2.27. The Morgan fingerprint density at radius 1 is 0.913 bits per heavy atom. The van der Waals surface area contributed by atoms with Crippen LogP contribution in [0.4, 0.5) is 11.4 Å². The number of hydrogen-bond acceptors (Lipinski definition) is 2. The Labute approximate surface area is 137 Å². The van der Waals surface area contributed by atoms with E-state index in [2.05, 4.69) is 54.4 Å². The highest BCUT2D eigenvalue weighted by molar-refractivity contribution is 5.95. The fourth-order valence-electron chi connectivity index (χ4n) is 2.54. The molecule has 2 nitrogen and oxygen atoms in total. The van der Waals surface area contributed by atoms with Crippen LogP contribution < -0.4 is 10.1 Å². The molecule has 3 rings (SSSR count). The minimum Gasteiger partial charge on any atom is -0.494 e. The highest BCUT2D eigenvalue weighted by atomic mass is 16.5. The summed E-state index contributed by atoms with van der Waals surface area (Å²) in [5.41, 5.74) is 2.17. The Balaban J connectivity index is 1.69. The number of allylic oxidation sites excluding steroid dienone is 1. The zero-order chi connectivity index (χ0) is 15.9. The van der Waals surface area contributed by atoms with Gasteiger partial charge in [-0.15, -0.1) is 6.58 Å². The van der Waals surface area contributed by atoms with Crippen molar-refractivity contribution < 1.29 is 4.74 Å². The summed E-state index contributed by atoms with van der Waals surface area (Å²) < 4.78 is 5.71. The zero-order valence-corrected chi connectivity index (χ0v) is 13.2. The van der Waals surface area contributed by atoms with Crippen molar-refractivity contribution in [3.63, 3.8) is 0 Å². The van der Waals surface area contributed by atoms with E-state index in [9.17, 15) is 0 Å². The van der Waals surface area contributed by atoms with Crippen LogP contribution >= 0.6 is 0 Å². The molecule has 0 bridgehead atoms. The van der Waals surface area contributed by atoms with Gasteiger partial charge in [-0.1, -0.05) is 42.5 Å². The van der Waals surface area contributed by atoms with E-state index in [1.54, 1.807) is 0 Å². The van der Waals surface area contributed by atoms with Gasteiger partial charge < -0.3 is 10.1 Å². The van der Waals surface area contributed by atoms with Crippen molar-refractivity contribution in [2.45, 2.75) is 12.8 Å². The van der Waals surface area contributed by atoms with E-state index in [4.69, 9.17) is 4.74 Å². The second-order valence-electron chi connectivity index (χ2n) is 5.46. The monoisotopic (exact) mass is 303 g/mol. The molecule has 23 heavy (non-hydrogen) atoms. The molecular formula is C21H21NO. The molecular weight excluding hydrogens is 282 g/mol. The van der Waals surface area contributed by atoms with Crippen LogP contribution in [0.3, 0.4) is 0 Å². The van der Waals surface area contributed by atoms with Gasteiger partial charge in [-0.3, -0.25) is 0 Å². The Morgan fingerprint density at radius 2 is 1.70 bits per heavy atom. The Kier molecular flexibility index (Phi) is 4.95. The minimum absolute atomic E-state index is 0.724. The number of unbranched alkanes of at least 4 members (excludes halogenated alkanes) is 1. The molecule has 0 aromatic heterocycles. The average molecular weight is 303 g/mol. The summed E-state index contributed by atoms with van der Waals surface area (Å²) >= 11 is 0. The number of rotatable bonds is 7. The molecule has 0 heterocycles. The van der Waals surface area contributed by atoms with E-state index in [1.165, 1.54) is 10.8 Å². The lowest BCUT2D eigenvalue weighted by Crippen LogP contribution is -1.97. The molecule has 0 saturated heterocycles. The van der Waals surface area contributed by atoms with E-state index >= 15 is 0 Å². The first kappa shape index (κ1) is 15.2. The van der Waals surface area contributed by atoms with Gasteiger partial charge in [0.1, 0.15) is 5.75 Å². The van der Waals surface area contributed by atoms with Gasteiger partial charge in [0, 0.05) is 16.8 Å². The Morgan fingerprint density at radius 3 is 2.52 bits per heavy atom. The van der Waals surface area contributed by atoms with Crippen LogP contribution in [0.25, 0.3) is 10.8 Å². The summed E-state index contributed by atoms with van der Waals surface area (Å²) in [6.07, 6.45) is 3.90. The molecule has 2 heteroatoms. The SMILES string of the molecule is C=CCCCOc1ccc(Nc2cccc3ccccc23)cc1. The lowest BCUT2D eigenvalue weighted by atomic mass is 10.1. The number of anilines is 2. The van der Waals surface area contributed by atoms with Crippen LogP contribution in [-0.2, 0) is 0 Å². The van der Waals surface area contributed by atoms with Crippen LogP contribution in [0, 0.1) is 0 Å². The number of benzene rings is 3. The average Bonchev–Trinajstić information content (AvgIpc) is 2.60. The topological polar surface area (TPSA) is 21.3 Å².